The Balaban J connectivity index is 1.74. The number of aliphatic hydroxyl groups is 1. The van der Waals surface area contributed by atoms with Crippen molar-refractivity contribution in [1.82, 2.24) is 20.9 Å². The third-order valence-electron chi connectivity index (χ3n) is 7.29. The van der Waals surface area contributed by atoms with Gasteiger partial charge in [0.2, 0.25) is 23.6 Å². The summed E-state index contributed by atoms with van der Waals surface area (Å²) in [5, 5.41) is 20.3. The van der Waals surface area contributed by atoms with Crippen LogP contribution in [0.4, 0.5) is 0 Å². The minimum Gasteiger partial charge on any atom is -0.389 e. The normalized spacial score (nSPS) is 16.6. The minimum absolute atomic E-state index is 0.0178. The van der Waals surface area contributed by atoms with E-state index in [1.807, 2.05) is 56.3 Å². The Morgan fingerprint density at radius 3 is 2.41 bits per heavy atom. The van der Waals surface area contributed by atoms with Crippen molar-refractivity contribution < 1.29 is 24.3 Å². The van der Waals surface area contributed by atoms with Crippen LogP contribution in [0.1, 0.15) is 45.1 Å². The molecule has 1 fully saturated rings. The first-order chi connectivity index (χ1) is 18.8. The second-order valence-corrected chi connectivity index (χ2v) is 10.1. The van der Waals surface area contributed by atoms with Gasteiger partial charge in [-0.1, -0.05) is 56.3 Å². The highest BCUT2D eigenvalue weighted by atomic mass is 16.3. The summed E-state index contributed by atoms with van der Waals surface area (Å²) >= 11 is 0. The van der Waals surface area contributed by atoms with Crippen LogP contribution in [0, 0.1) is 5.92 Å². The second-order valence-electron chi connectivity index (χ2n) is 10.1. The summed E-state index contributed by atoms with van der Waals surface area (Å²) < 4.78 is 0. The summed E-state index contributed by atoms with van der Waals surface area (Å²) in [4.78, 5) is 52.8. The Morgan fingerprint density at radius 1 is 1.03 bits per heavy atom. The van der Waals surface area contributed by atoms with E-state index in [9.17, 15) is 24.3 Å². The molecule has 0 radical (unpaired) electrons. The largest absolute Gasteiger partial charge is 0.389 e. The zero-order valence-electron chi connectivity index (χ0n) is 22.8. The van der Waals surface area contributed by atoms with Crippen LogP contribution in [0.5, 0.6) is 0 Å². The highest BCUT2D eigenvalue weighted by Gasteiger charge is 2.37. The predicted octanol–water partition coefficient (Wildman–Crippen LogP) is 0.846. The number of nitrogens with one attached hydrogen (secondary N) is 3. The standard InChI is InChI=1S/C29H41N5O5/c1-3-20(4-2)29(39)34-13-7-10-25(34)28(38)33-24(27(37)32-18-23(35)17-31-26(36)16-30)15-19-11-12-21-8-5-6-9-22(21)14-19/h5-6,8-9,11-12,14,20,23-25,35H,3-4,7,10,13,15-18,30H2,1-2H3,(H,31,36)(H,32,37)(H,33,38)/t23?,24-,25?/m1/s1. The van der Waals surface area contributed by atoms with Crippen molar-refractivity contribution in [3.8, 4) is 0 Å². The van der Waals surface area contributed by atoms with E-state index >= 15 is 0 Å². The maximum Gasteiger partial charge on any atom is 0.243 e. The van der Waals surface area contributed by atoms with Crippen LogP contribution in [0.2, 0.25) is 0 Å². The molecule has 10 heteroatoms. The van der Waals surface area contributed by atoms with Crippen LogP contribution in [-0.4, -0.2) is 78.0 Å². The lowest BCUT2D eigenvalue weighted by Gasteiger charge is -2.29. The van der Waals surface area contributed by atoms with E-state index in [1.54, 1.807) is 4.90 Å². The van der Waals surface area contributed by atoms with Crippen LogP contribution in [-0.2, 0) is 25.6 Å². The van der Waals surface area contributed by atoms with Crippen molar-refractivity contribution in [3.05, 3.63) is 48.0 Å². The van der Waals surface area contributed by atoms with Crippen LogP contribution < -0.4 is 21.7 Å². The number of hydrogen-bond donors (Lipinski definition) is 5. The van der Waals surface area contributed by atoms with Gasteiger partial charge in [-0.05, 0) is 42.0 Å². The van der Waals surface area contributed by atoms with E-state index < -0.39 is 30.0 Å². The third kappa shape index (κ3) is 8.24. The summed E-state index contributed by atoms with van der Waals surface area (Å²) in [6.45, 7) is 4.09. The molecule has 10 nitrogen and oxygen atoms in total. The van der Waals surface area contributed by atoms with Gasteiger partial charge in [-0.25, -0.2) is 0 Å². The number of nitrogens with zero attached hydrogens (tertiary/aromatic N) is 1. The summed E-state index contributed by atoms with van der Waals surface area (Å²) in [5.74, 6) is -1.38. The second kappa shape index (κ2) is 14.6. The number of carbonyl (C=O) groups is 4. The lowest BCUT2D eigenvalue weighted by molar-refractivity contribution is -0.142. The van der Waals surface area contributed by atoms with Gasteiger partial charge in [-0.15, -0.1) is 0 Å². The van der Waals surface area contributed by atoms with Crippen LogP contribution in [0.25, 0.3) is 10.8 Å². The summed E-state index contributed by atoms with van der Waals surface area (Å²) in [7, 11) is 0. The Hall–Kier alpha value is -3.50. The first kappa shape index (κ1) is 30.0. The molecule has 4 amide bonds. The number of nitrogens with two attached hydrogens (primary N) is 1. The van der Waals surface area contributed by atoms with Crippen molar-refractivity contribution in [2.75, 3.05) is 26.2 Å². The maximum absolute atomic E-state index is 13.4. The molecule has 2 unspecified atom stereocenters. The fourth-order valence-electron chi connectivity index (χ4n) is 4.97. The smallest absolute Gasteiger partial charge is 0.243 e. The Bertz CT molecular complexity index is 1150. The van der Waals surface area contributed by atoms with E-state index in [1.165, 1.54) is 0 Å². The van der Waals surface area contributed by atoms with E-state index in [2.05, 4.69) is 16.0 Å². The molecule has 3 rings (SSSR count). The Morgan fingerprint density at radius 2 is 1.72 bits per heavy atom. The highest BCUT2D eigenvalue weighted by molar-refractivity contribution is 5.93. The van der Waals surface area contributed by atoms with E-state index in [-0.39, 0.29) is 43.8 Å². The molecule has 2 aromatic carbocycles. The first-order valence-corrected chi connectivity index (χ1v) is 13.8. The molecule has 0 saturated carbocycles. The molecule has 1 saturated heterocycles. The molecule has 0 aromatic heterocycles. The molecule has 1 aliphatic heterocycles. The molecule has 0 bridgehead atoms. The number of aliphatic hydroxyl groups excluding tert-OH is 1. The molecule has 1 heterocycles. The molecule has 6 N–H and O–H groups in total. The van der Waals surface area contributed by atoms with E-state index in [4.69, 9.17) is 5.73 Å². The minimum atomic E-state index is -1.02. The molecule has 212 valence electrons. The third-order valence-corrected chi connectivity index (χ3v) is 7.29. The summed E-state index contributed by atoms with van der Waals surface area (Å²) in [6.07, 6.45) is 1.90. The van der Waals surface area contributed by atoms with Crippen molar-refractivity contribution in [1.29, 1.82) is 0 Å². The Kier molecular flexibility index (Phi) is 11.2. The first-order valence-electron chi connectivity index (χ1n) is 13.8. The number of benzene rings is 2. The van der Waals surface area contributed by atoms with Gasteiger partial charge in [0.1, 0.15) is 12.1 Å². The molecule has 3 atom stereocenters. The SMILES string of the molecule is CCC(CC)C(=O)N1CCCC1C(=O)N[C@H](Cc1ccc2ccccc2c1)C(=O)NCC(O)CNC(=O)CN. The number of hydrogen-bond acceptors (Lipinski definition) is 6. The number of fused-ring (bicyclic) bond motifs is 1. The summed E-state index contributed by atoms with van der Waals surface area (Å²) in [6, 6.07) is 12.2. The van der Waals surface area contributed by atoms with Gasteiger partial charge in [0.05, 0.1) is 12.6 Å². The lowest BCUT2D eigenvalue weighted by atomic mass is 10.00. The van der Waals surface area contributed by atoms with E-state index in [0.717, 1.165) is 22.8 Å². The predicted molar refractivity (Wildman–Crippen MR) is 149 cm³/mol. The van der Waals surface area contributed by atoms with Gasteiger partial charge in [0, 0.05) is 32.0 Å². The fraction of sp³-hybridized carbons (Fsp3) is 0.517. The molecular formula is C29H41N5O5. The average molecular weight is 540 g/mol. The van der Waals surface area contributed by atoms with Gasteiger partial charge >= 0.3 is 0 Å². The highest BCUT2D eigenvalue weighted by Crippen LogP contribution is 2.23. The van der Waals surface area contributed by atoms with Crippen molar-refractivity contribution in [3.63, 3.8) is 0 Å². The average Bonchev–Trinajstić information content (AvgIpc) is 3.45. The molecule has 0 aliphatic carbocycles. The van der Waals surface area contributed by atoms with Crippen molar-refractivity contribution >= 4 is 34.4 Å². The van der Waals surface area contributed by atoms with Gasteiger partial charge in [0.25, 0.3) is 0 Å². The monoisotopic (exact) mass is 539 g/mol. The fourth-order valence-corrected chi connectivity index (χ4v) is 4.97. The van der Waals surface area contributed by atoms with Gasteiger partial charge in [-0.3, -0.25) is 19.2 Å². The molecule has 0 spiro atoms. The molecule has 2 aromatic rings. The number of likely N-dealkylation sites (tertiary alicyclic amines) is 1. The van der Waals surface area contributed by atoms with Gasteiger partial charge in [-0.2, -0.15) is 0 Å². The van der Waals surface area contributed by atoms with Crippen molar-refractivity contribution in [2.24, 2.45) is 11.7 Å². The quantitative estimate of drug-likeness (QED) is 0.254. The van der Waals surface area contributed by atoms with Crippen LogP contribution in [0.3, 0.4) is 0 Å². The number of amides is 4. The van der Waals surface area contributed by atoms with Crippen LogP contribution in [0.15, 0.2) is 42.5 Å². The van der Waals surface area contributed by atoms with Gasteiger partial charge in [0.15, 0.2) is 0 Å². The maximum atomic E-state index is 13.4. The summed E-state index contributed by atoms with van der Waals surface area (Å²) in [5.41, 5.74) is 6.12. The topological polar surface area (TPSA) is 154 Å². The van der Waals surface area contributed by atoms with Gasteiger partial charge < -0.3 is 31.7 Å². The lowest BCUT2D eigenvalue weighted by Crippen LogP contribution is -2.55. The molecule has 1 aliphatic rings. The Labute approximate surface area is 229 Å². The van der Waals surface area contributed by atoms with Crippen molar-refractivity contribution in [2.45, 2.75) is 64.1 Å². The number of carbonyl (C=O) groups excluding carboxylic acids is 4. The van der Waals surface area contributed by atoms with Crippen LogP contribution >= 0.6 is 0 Å². The van der Waals surface area contributed by atoms with E-state index in [0.29, 0.717) is 25.8 Å². The molecular weight excluding hydrogens is 498 g/mol. The zero-order valence-corrected chi connectivity index (χ0v) is 22.8. The zero-order chi connectivity index (χ0) is 28.4. The number of rotatable bonds is 13. The molecule has 39 heavy (non-hydrogen) atoms.